The van der Waals surface area contributed by atoms with Gasteiger partial charge in [-0.15, -0.1) is 0 Å². The topological polar surface area (TPSA) is 38.3 Å². The number of hydrogen-bond acceptors (Lipinski definition) is 3. The molecule has 1 atom stereocenters. The number of fused-ring (bicyclic) bond motifs is 1. The summed E-state index contributed by atoms with van der Waals surface area (Å²) in [4.78, 5) is 10.5. The zero-order valence-electron chi connectivity index (χ0n) is 11.9. The van der Waals surface area contributed by atoms with Gasteiger partial charge in [-0.05, 0) is 28.7 Å². The minimum atomic E-state index is 0.198. The molecule has 2 aromatic carbocycles. The Bertz CT molecular complexity index is 610. The third-order valence-electron chi connectivity index (χ3n) is 4.02. The van der Waals surface area contributed by atoms with Crippen LogP contribution in [0.25, 0.3) is 0 Å². The van der Waals surface area contributed by atoms with Gasteiger partial charge in [0.2, 0.25) is 0 Å². The molecule has 0 radical (unpaired) electrons. The number of carbonyl (C=O) groups excluding carboxylic acids is 1. The van der Waals surface area contributed by atoms with Gasteiger partial charge in [-0.2, -0.15) is 0 Å². The van der Waals surface area contributed by atoms with Crippen molar-refractivity contribution in [3.05, 3.63) is 70.8 Å². The van der Waals surface area contributed by atoms with Crippen LogP contribution in [-0.2, 0) is 29.0 Å². The van der Waals surface area contributed by atoms with Crippen LogP contribution in [-0.4, -0.2) is 13.1 Å². The van der Waals surface area contributed by atoms with Crippen molar-refractivity contribution in [1.29, 1.82) is 0 Å². The van der Waals surface area contributed by atoms with Crippen LogP contribution in [0.4, 0.5) is 0 Å². The summed E-state index contributed by atoms with van der Waals surface area (Å²) in [6, 6.07) is 16.9. The quantitative estimate of drug-likeness (QED) is 0.827. The van der Waals surface area contributed by atoms with Crippen LogP contribution in [0.5, 0.6) is 0 Å². The smallest absolute Gasteiger partial charge is 0.293 e. The second kappa shape index (κ2) is 6.55. The van der Waals surface area contributed by atoms with Crippen molar-refractivity contribution in [1.82, 2.24) is 5.32 Å². The predicted octanol–water partition coefficient (Wildman–Crippen LogP) is 2.79. The molecule has 0 aliphatic carbocycles. The Morgan fingerprint density at radius 2 is 1.90 bits per heavy atom. The number of hydrogen-bond donors (Lipinski definition) is 1. The van der Waals surface area contributed by atoms with Gasteiger partial charge in [0.25, 0.3) is 6.47 Å². The molecule has 0 spiro atoms. The summed E-state index contributed by atoms with van der Waals surface area (Å²) in [6.07, 6.45) is 0.876. The molecule has 0 bridgehead atoms. The molecule has 1 N–H and O–H groups in total. The van der Waals surface area contributed by atoms with Gasteiger partial charge in [-0.3, -0.25) is 4.79 Å². The fraction of sp³-hybridized carbons (Fsp3) is 0.278. The number of carbonyl (C=O) groups is 1. The maximum absolute atomic E-state index is 10.5. The number of nitrogens with one attached hydrogen (secondary N) is 1. The first-order valence-corrected chi connectivity index (χ1v) is 7.28. The summed E-state index contributed by atoms with van der Waals surface area (Å²) in [5, 5.41) is 3.36. The maximum atomic E-state index is 10.5. The van der Waals surface area contributed by atoms with Crippen molar-refractivity contribution < 1.29 is 9.53 Å². The third-order valence-corrected chi connectivity index (χ3v) is 4.02. The summed E-state index contributed by atoms with van der Waals surface area (Å²) in [5.74, 6) is 0.198. The standard InChI is InChI=1S/C18H19NO2/c20-13-21-12-18(8-14-4-2-1-3-5-14)15-6-7-16-10-19-11-17(16)9-15/h1-7,9,13,18-19H,8,10-12H2. The van der Waals surface area contributed by atoms with Crippen molar-refractivity contribution >= 4 is 6.47 Å². The molecule has 3 heteroatoms. The normalized spacial score (nSPS) is 14.5. The van der Waals surface area contributed by atoms with E-state index in [-0.39, 0.29) is 5.92 Å². The Hall–Kier alpha value is -2.13. The molecule has 2 aromatic rings. The molecule has 0 saturated carbocycles. The fourth-order valence-corrected chi connectivity index (χ4v) is 2.90. The Labute approximate surface area is 124 Å². The van der Waals surface area contributed by atoms with E-state index in [9.17, 15) is 4.79 Å². The second-order valence-corrected chi connectivity index (χ2v) is 5.45. The van der Waals surface area contributed by atoms with Crippen LogP contribution in [0.1, 0.15) is 28.2 Å². The molecule has 0 saturated heterocycles. The minimum Gasteiger partial charge on any atom is -0.467 e. The van der Waals surface area contributed by atoms with Gasteiger partial charge in [0.15, 0.2) is 0 Å². The van der Waals surface area contributed by atoms with Crippen molar-refractivity contribution in [2.75, 3.05) is 6.61 Å². The average molecular weight is 281 g/mol. The predicted molar refractivity (Wildman–Crippen MR) is 81.9 cm³/mol. The molecule has 1 aliphatic heterocycles. The Balaban J connectivity index is 1.82. The largest absolute Gasteiger partial charge is 0.467 e. The molecule has 3 rings (SSSR count). The zero-order valence-corrected chi connectivity index (χ0v) is 11.9. The van der Waals surface area contributed by atoms with Gasteiger partial charge in [-0.25, -0.2) is 0 Å². The number of rotatable bonds is 6. The average Bonchev–Trinajstić information content (AvgIpc) is 3.00. The number of benzene rings is 2. The van der Waals surface area contributed by atoms with Crippen LogP contribution >= 0.6 is 0 Å². The van der Waals surface area contributed by atoms with Crippen LogP contribution in [0, 0.1) is 0 Å². The van der Waals surface area contributed by atoms with Gasteiger partial charge in [0.1, 0.15) is 0 Å². The first-order valence-electron chi connectivity index (χ1n) is 7.28. The zero-order chi connectivity index (χ0) is 14.5. The van der Waals surface area contributed by atoms with Gasteiger partial charge >= 0.3 is 0 Å². The van der Waals surface area contributed by atoms with Gasteiger partial charge in [-0.1, -0.05) is 48.5 Å². The molecular formula is C18H19NO2. The highest BCUT2D eigenvalue weighted by Crippen LogP contribution is 2.25. The van der Waals surface area contributed by atoms with E-state index in [0.717, 1.165) is 19.5 Å². The molecule has 0 amide bonds. The number of ether oxygens (including phenoxy) is 1. The van der Waals surface area contributed by atoms with E-state index in [0.29, 0.717) is 13.1 Å². The first kappa shape index (κ1) is 13.8. The molecular weight excluding hydrogens is 262 g/mol. The lowest BCUT2D eigenvalue weighted by atomic mass is 9.91. The van der Waals surface area contributed by atoms with E-state index in [4.69, 9.17) is 4.74 Å². The molecule has 0 fully saturated rings. The first-order chi connectivity index (χ1) is 10.4. The summed E-state index contributed by atoms with van der Waals surface area (Å²) in [5.41, 5.74) is 5.23. The monoisotopic (exact) mass is 281 g/mol. The maximum Gasteiger partial charge on any atom is 0.293 e. The van der Waals surface area contributed by atoms with Crippen molar-refractivity contribution in [2.45, 2.75) is 25.4 Å². The van der Waals surface area contributed by atoms with E-state index < -0.39 is 0 Å². The molecule has 1 heterocycles. The van der Waals surface area contributed by atoms with Crippen molar-refractivity contribution in [2.24, 2.45) is 0 Å². The SMILES string of the molecule is O=COCC(Cc1ccccc1)c1ccc2c(c1)CNC2. The van der Waals surface area contributed by atoms with Crippen molar-refractivity contribution in [3.8, 4) is 0 Å². The van der Waals surface area contributed by atoms with E-state index >= 15 is 0 Å². The lowest BCUT2D eigenvalue weighted by Crippen LogP contribution is -2.11. The highest BCUT2D eigenvalue weighted by molar-refractivity contribution is 5.39. The summed E-state index contributed by atoms with van der Waals surface area (Å²) in [7, 11) is 0. The van der Waals surface area contributed by atoms with Crippen LogP contribution < -0.4 is 5.32 Å². The summed E-state index contributed by atoms with van der Waals surface area (Å²) >= 11 is 0. The molecule has 1 aliphatic rings. The Morgan fingerprint density at radius 3 is 2.71 bits per heavy atom. The van der Waals surface area contributed by atoms with E-state index in [1.54, 1.807) is 0 Å². The lowest BCUT2D eigenvalue weighted by Gasteiger charge is -2.17. The summed E-state index contributed by atoms with van der Waals surface area (Å²) < 4.78 is 5.05. The molecule has 108 valence electrons. The summed E-state index contributed by atoms with van der Waals surface area (Å²) in [6.45, 7) is 2.83. The van der Waals surface area contributed by atoms with Gasteiger partial charge in [0.05, 0.1) is 6.61 Å². The van der Waals surface area contributed by atoms with Crippen LogP contribution in [0.15, 0.2) is 48.5 Å². The fourth-order valence-electron chi connectivity index (χ4n) is 2.90. The van der Waals surface area contributed by atoms with Gasteiger partial charge in [0, 0.05) is 19.0 Å². The second-order valence-electron chi connectivity index (χ2n) is 5.45. The molecule has 3 nitrogen and oxygen atoms in total. The Morgan fingerprint density at radius 1 is 1.10 bits per heavy atom. The molecule has 1 unspecified atom stereocenters. The van der Waals surface area contributed by atoms with Crippen LogP contribution in [0.3, 0.4) is 0 Å². The molecule has 0 aromatic heterocycles. The minimum absolute atomic E-state index is 0.198. The Kier molecular flexibility index (Phi) is 4.31. The molecule has 21 heavy (non-hydrogen) atoms. The highest BCUT2D eigenvalue weighted by Gasteiger charge is 2.17. The van der Waals surface area contributed by atoms with E-state index in [1.165, 1.54) is 22.3 Å². The lowest BCUT2D eigenvalue weighted by molar-refractivity contribution is -0.129. The van der Waals surface area contributed by atoms with Gasteiger partial charge < -0.3 is 10.1 Å². The van der Waals surface area contributed by atoms with Crippen LogP contribution in [0.2, 0.25) is 0 Å². The third kappa shape index (κ3) is 3.31. The highest BCUT2D eigenvalue weighted by atomic mass is 16.5. The van der Waals surface area contributed by atoms with E-state index in [2.05, 4.69) is 35.6 Å². The van der Waals surface area contributed by atoms with Crippen molar-refractivity contribution in [3.63, 3.8) is 0 Å². The van der Waals surface area contributed by atoms with E-state index in [1.807, 2.05) is 18.2 Å².